The van der Waals surface area contributed by atoms with E-state index in [1.807, 2.05) is 24.3 Å². The number of fused-ring (bicyclic) bond motifs is 1. The van der Waals surface area contributed by atoms with Gasteiger partial charge in [0.1, 0.15) is 5.75 Å². The van der Waals surface area contributed by atoms with Gasteiger partial charge in [0.25, 0.3) is 11.8 Å². The minimum Gasteiger partial charge on any atom is -0.479 e. The van der Waals surface area contributed by atoms with E-state index < -0.39 is 6.10 Å². The molecule has 7 nitrogen and oxygen atoms in total. The zero-order chi connectivity index (χ0) is 19.7. The third-order valence-electron chi connectivity index (χ3n) is 4.35. The van der Waals surface area contributed by atoms with Crippen molar-refractivity contribution in [1.29, 1.82) is 0 Å². The van der Waals surface area contributed by atoms with E-state index in [1.54, 1.807) is 36.0 Å². The quantitative estimate of drug-likeness (QED) is 0.706. The summed E-state index contributed by atoms with van der Waals surface area (Å²) in [6, 6.07) is 12.6. The normalized spacial score (nSPS) is 15.4. The van der Waals surface area contributed by atoms with E-state index in [0.717, 1.165) is 5.56 Å². The summed E-state index contributed by atoms with van der Waals surface area (Å²) in [5, 5.41) is 10.4. The SMILES string of the molecule is C[C@@H]1Oc2ccc(NC(=O)c3cnn(Cc4ccccc4Cl)c3)cc2NC1=O. The van der Waals surface area contributed by atoms with Gasteiger partial charge >= 0.3 is 0 Å². The lowest BCUT2D eigenvalue weighted by molar-refractivity contribution is -0.122. The molecule has 2 amide bonds. The highest BCUT2D eigenvalue weighted by atomic mass is 35.5. The summed E-state index contributed by atoms with van der Waals surface area (Å²) >= 11 is 6.17. The van der Waals surface area contributed by atoms with Crippen LogP contribution in [0.15, 0.2) is 54.9 Å². The minimum atomic E-state index is -0.545. The van der Waals surface area contributed by atoms with Crippen molar-refractivity contribution >= 4 is 34.8 Å². The number of rotatable bonds is 4. The molecular weight excluding hydrogens is 380 g/mol. The Kier molecular flexibility index (Phi) is 4.75. The summed E-state index contributed by atoms with van der Waals surface area (Å²) < 4.78 is 7.16. The molecule has 1 atom stereocenters. The topological polar surface area (TPSA) is 85.2 Å². The molecular formula is C20H17ClN4O3. The highest BCUT2D eigenvalue weighted by Crippen LogP contribution is 2.32. The molecule has 0 aliphatic carbocycles. The lowest BCUT2D eigenvalue weighted by Gasteiger charge is -2.23. The van der Waals surface area contributed by atoms with Crippen molar-refractivity contribution in [3.8, 4) is 5.75 Å². The van der Waals surface area contributed by atoms with Gasteiger partial charge in [0, 0.05) is 16.9 Å². The number of anilines is 2. The molecule has 2 aromatic carbocycles. The van der Waals surface area contributed by atoms with Gasteiger partial charge in [-0.15, -0.1) is 0 Å². The maximum atomic E-state index is 12.5. The molecule has 8 heteroatoms. The van der Waals surface area contributed by atoms with Crippen molar-refractivity contribution in [3.05, 3.63) is 71.0 Å². The molecule has 3 aromatic rings. The molecule has 1 aromatic heterocycles. The number of hydrogen-bond donors (Lipinski definition) is 2. The Morgan fingerprint density at radius 2 is 2.14 bits per heavy atom. The van der Waals surface area contributed by atoms with E-state index in [-0.39, 0.29) is 11.8 Å². The average molecular weight is 397 g/mol. The van der Waals surface area contributed by atoms with Crippen LogP contribution in [-0.4, -0.2) is 27.7 Å². The van der Waals surface area contributed by atoms with Gasteiger partial charge in [0.05, 0.1) is 24.0 Å². The summed E-state index contributed by atoms with van der Waals surface area (Å²) in [7, 11) is 0. The monoisotopic (exact) mass is 396 g/mol. The Morgan fingerprint density at radius 1 is 1.32 bits per heavy atom. The molecule has 142 valence electrons. The number of hydrogen-bond acceptors (Lipinski definition) is 4. The second-order valence-corrected chi connectivity index (χ2v) is 6.84. The van der Waals surface area contributed by atoms with Gasteiger partial charge in [-0.25, -0.2) is 0 Å². The fourth-order valence-corrected chi connectivity index (χ4v) is 3.05. The second kappa shape index (κ2) is 7.36. The van der Waals surface area contributed by atoms with Gasteiger partial charge in [0.2, 0.25) is 0 Å². The smallest absolute Gasteiger partial charge is 0.265 e. The molecule has 0 fully saturated rings. The summed E-state index contributed by atoms with van der Waals surface area (Å²) in [5.41, 5.74) is 2.40. The molecule has 0 saturated carbocycles. The third-order valence-corrected chi connectivity index (χ3v) is 4.72. The molecule has 1 aliphatic rings. The molecule has 0 unspecified atom stereocenters. The van der Waals surface area contributed by atoms with E-state index in [1.165, 1.54) is 6.20 Å². The van der Waals surface area contributed by atoms with Gasteiger partial charge in [-0.2, -0.15) is 5.10 Å². The number of halogens is 1. The molecule has 0 radical (unpaired) electrons. The first-order valence-corrected chi connectivity index (χ1v) is 9.06. The maximum Gasteiger partial charge on any atom is 0.265 e. The van der Waals surface area contributed by atoms with Crippen molar-refractivity contribution in [2.75, 3.05) is 10.6 Å². The number of carbonyl (C=O) groups is 2. The highest BCUT2D eigenvalue weighted by Gasteiger charge is 2.23. The van der Waals surface area contributed by atoms with Crippen LogP contribution >= 0.6 is 11.6 Å². The lowest BCUT2D eigenvalue weighted by atomic mass is 10.2. The van der Waals surface area contributed by atoms with Gasteiger partial charge in [-0.1, -0.05) is 29.8 Å². The number of aromatic nitrogens is 2. The first kappa shape index (κ1) is 18.1. The molecule has 4 rings (SSSR count). The number of amides is 2. The van der Waals surface area contributed by atoms with E-state index in [2.05, 4.69) is 15.7 Å². The first-order valence-electron chi connectivity index (χ1n) is 8.68. The van der Waals surface area contributed by atoms with E-state index >= 15 is 0 Å². The molecule has 0 bridgehead atoms. The molecule has 0 spiro atoms. The Labute approximate surface area is 166 Å². The summed E-state index contributed by atoms with van der Waals surface area (Å²) in [5.74, 6) is 0.0382. The number of ether oxygens (including phenoxy) is 1. The number of nitrogens with zero attached hydrogens (tertiary/aromatic N) is 2. The first-order chi connectivity index (χ1) is 13.5. The van der Waals surface area contributed by atoms with Crippen molar-refractivity contribution < 1.29 is 14.3 Å². The highest BCUT2D eigenvalue weighted by molar-refractivity contribution is 6.31. The summed E-state index contributed by atoms with van der Waals surface area (Å²) in [4.78, 5) is 24.3. The second-order valence-electron chi connectivity index (χ2n) is 6.43. The van der Waals surface area contributed by atoms with Crippen LogP contribution in [0.3, 0.4) is 0 Å². The standard InChI is InChI=1S/C20H17ClN4O3/c1-12-19(26)24-17-8-15(6-7-18(17)28-12)23-20(27)14-9-22-25(11-14)10-13-4-2-3-5-16(13)21/h2-9,11-12H,10H2,1H3,(H,23,27)(H,24,26)/t12-/m0/s1. The van der Waals surface area contributed by atoms with Gasteiger partial charge < -0.3 is 15.4 Å². The van der Waals surface area contributed by atoms with Crippen LogP contribution in [0.1, 0.15) is 22.8 Å². The third kappa shape index (κ3) is 3.70. The summed E-state index contributed by atoms with van der Waals surface area (Å²) in [6.45, 7) is 2.14. The predicted molar refractivity (Wildman–Crippen MR) is 106 cm³/mol. The molecule has 2 heterocycles. The van der Waals surface area contributed by atoms with Crippen molar-refractivity contribution in [3.63, 3.8) is 0 Å². The fraction of sp³-hybridized carbons (Fsp3) is 0.150. The molecule has 2 N–H and O–H groups in total. The molecule has 0 saturated heterocycles. The Balaban J connectivity index is 1.46. The zero-order valence-electron chi connectivity index (χ0n) is 15.0. The van der Waals surface area contributed by atoms with Crippen LogP contribution in [0, 0.1) is 0 Å². The Bertz CT molecular complexity index is 1060. The predicted octanol–water partition coefficient (Wildman–Crippen LogP) is 3.56. The van der Waals surface area contributed by atoms with Crippen molar-refractivity contribution in [2.24, 2.45) is 0 Å². The number of benzene rings is 2. The van der Waals surface area contributed by atoms with Crippen LogP contribution in [0.2, 0.25) is 5.02 Å². The van der Waals surface area contributed by atoms with Gasteiger partial charge in [-0.05, 0) is 36.8 Å². The van der Waals surface area contributed by atoms with Crippen LogP contribution in [0.4, 0.5) is 11.4 Å². The largest absolute Gasteiger partial charge is 0.479 e. The van der Waals surface area contributed by atoms with Gasteiger partial charge in [-0.3, -0.25) is 14.3 Å². The maximum absolute atomic E-state index is 12.5. The van der Waals surface area contributed by atoms with Crippen molar-refractivity contribution in [1.82, 2.24) is 9.78 Å². The van der Waals surface area contributed by atoms with Crippen LogP contribution in [0.25, 0.3) is 0 Å². The average Bonchev–Trinajstić information content (AvgIpc) is 3.14. The van der Waals surface area contributed by atoms with E-state index in [4.69, 9.17) is 16.3 Å². The molecule has 1 aliphatic heterocycles. The fourth-order valence-electron chi connectivity index (χ4n) is 2.86. The zero-order valence-corrected chi connectivity index (χ0v) is 15.7. The lowest BCUT2D eigenvalue weighted by Crippen LogP contribution is -2.34. The van der Waals surface area contributed by atoms with Gasteiger partial charge in [0.15, 0.2) is 6.10 Å². The van der Waals surface area contributed by atoms with Crippen LogP contribution in [-0.2, 0) is 11.3 Å². The Hall–Kier alpha value is -3.32. The van der Waals surface area contributed by atoms with E-state index in [0.29, 0.717) is 34.3 Å². The Morgan fingerprint density at radius 3 is 2.96 bits per heavy atom. The number of nitrogens with one attached hydrogen (secondary N) is 2. The number of carbonyl (C=O) groups excluding carboxylic acids is 2. The summed E-state index contributed by atoms with van der Waals surface area (Å²) in [6.07, 6.45) is 2.61. The van der Waals surface area contributed by atoms with Crippen LogP contribution in [0.5, 0.6) is 5.75 Å². The van der Waals surface area contributed by atoms with Crippen LogP contribution < -0.4 is 15.4 Å². The van der Waals surface area contributed by atoms with Crippen molar-refractivity contribution in [2.45, 2.75) is 19.6 Å². The van der Waals surface area contributed by atoms with E-state index in [9.17, 15) is 9.59 Å². The minimum absolute atomic E-state index is 0.225. The molecule has 28 heavy (non-hydrogen) atoms.